The molecule has 16 heavy (non-hydrogen) atoms. The molecule has 0 aromatic carbocycles. The molecule has 1 aliphatic rings. The predicted molar refractivity (Wildman–Crippen MR) is 70.9 cm³/mol. The Bertz CT molecular complexity index is 289. The molecular formula is C13H22N2S. The van der Waals surface area contributed by atoms with Crippen LogP contribution in [0.15, 0.2) is 17.5 Å². The molecule has 2 nitrogen and oxygen atoms in total. The van der Waals surface area contributed by atoms with Gasteiger partial charge in [0.1, 0.15) is 0 Å². The van der Waals surface area contributed by atoms with E-state index in [9.17, 15) is 0 Å². The van der Waals surface area contributed by atoms with E-state index in [0.29, 0.717) is 5.41 Å². The Labute approximate surface area is 102 Å². The second kappa shape index (κ2) is 5.80. The molecule has 1 aromatic rings. The summed E-state index contributed by atoms with van der Waals surface area (Å²) < 4.78 is 0. The summed E-state index contributed by atoms with van der Waals surface area (Å²) in [4.78, 5) is 1.44. The summed E-state index contributed by atoms with van der Waals surface area (Å²) in [5.41, 5.74) is 0.544. The Morgan fingerprint density at radius 3 is 2.88 bits per heavy atom. The smallest absolute Gasteiger partial charge is 0.0299 e. The van der Waals surface area contributed by atoms with Gasteiger partial charge >= 0.3 is 0 Å². The fourth-order valence-corrected chi connectivity index (χ4v) is 3.15. The second-order valence-electron chi connectivity index (χ2n) is 4.79. The summed E-state index contributed by atoms with van der Waals surface area (Å²) in [6.07, 6.45) is 3.94. The minimum atomic E-state index is 0.544. The summed E-state index contributed by atoms with van der Waals surface area (Å²) in [5, 5.41) is 9.23. The van der Waals surface area contributed by atoms with Crippen molar-refractivity contribution in [2.75, 3.05) is 19.6 Å². The first kappa shape index (κ1) is 12.1. The average molecular weight is 238 g/mol. The maximum Gasteiger partial charge on any atom is 0.0299 e. The molecule has 0 atom stereocenters. The highest BCUT2D eigenvalue weighted by atomic mass is 32.1. The second-order valence-corrected chi connectivity index (χ2v) is 5.82. The van der Waals surface area contributed by atoms with Crippen LogP contribution in [0.3, 0.4) is 0 Å². The number of hydrogen-bond donors (Lipinski definition) is 2. The third-order valence-electron chi connectivity index (χ3n) is 3.79. The highest BCUT2D eigenvalue weighted by Crippen LogP contribution is 2.31. The fourth-order valence-electron chi connectivity index (χ4n) is 2.48. The Morgan fingerprint density at radius 1 is 1.44 bits per heavy atom. The summed E-state index contributed by atoms with van der Waals surface area (Å²) in [6.45, 7) is 6.91. The van der Waals surface area contributed by atoms with Crippen molar-refractivity contribution in [1.82, 2.24) is 10.6 Å². The lowest BCUT2D eigenvalue weighted by Gasteiger charge is -2.37. The number of hydrogen-bond acceptors (Lipinski definition) is 3. The van der Waals surface area contributed by atoms with Gasteiger partial charge in [-0.15, -0.1) is 11.3 Å². The minimum Gasteiger partial charge on any atom is -0.317 e. The van der Waals surface area contributed by atoms with Crippen LogP contribution >= 0.6 is 11.3 Å². The molecule has 1 saturated heterocycles. The van der Waals surface area contributed by atoms with Gasteiger partial charge in [0, 0.05) is 18.0 Å². The monoisotopic (exact) mass is 238 g/mol. The molecule has 1 aromatic heterocycles. The number of nitrogens with one attached hydrogen (secondary N) is 2. The Hall–Kier alpha value is -0.380. The fraction of sp³-hybridized carbons (Fsp3) is 0.692. The first-order valence-corrected chi connectivity index (χ1v) is 7.16. The Kier molecular flexibility index (Phi) is 4.38. The van der Waals surface area contributed by atoms with Crippen molar-refractivity contribution in [3.63, 3.8) is 0 Å². The standard InChI is InChI=1S/C13H22N2S/c1-2-13(5-7-14-8-6-13)11-15-10-12-4-3-9-16-12/h3-4,9,14-15H,2,5-8,10-11H2,1H3. The molecule has 1 fully saturated rings. The molecule has 0 spiro atoms. The predicted octanol–water partition coefficient (Wildman–Crippen LogP) is 2.62. The van der Waals surface area contributed by atoms with E-state index in [0.717, 1.165) is 6.54 Å². The van der Waals surface area contributed by atoms with Crippen molar-refractivity contribution in [1.29, 1.82) is 0 Å². The van der Waals surface area contributed by atoms with Gasteiger partial charge in [-0.1, -0.05) is 13.0 Å². The lowest BCUT2D eigenvalue weighted by atomic mass is 9.76. The summed E-state index contributed by atoms with van der Waals surface area (Å²) in [5.74, 6) is 0. The molecule has 2 N–H and O–H groups in total. The zero-order valence-electron chi connectivity index (χ0n) is 10.1. The maximum atomic E-state index is 3.63. The first-order valence-electron chi connectivity index (χ1n) is 6.28. The average Bonchev–Trinajstić information content (AvgIpc) is 2.83. The highest BCUT2D eigenvalue weighted by Gasteiger charge is 2.29. The van der Waals surface area contributed by atoms with E-state index in [-0.39, 0.29) is 0 Å². The van der Waals surface area contributed by atoms with Gasteiger partial charge in [0.05, 0.1) is 0 Å². The lowest BCUT2D eigenvalue weighted by molar-refractivity contribution is 0.186. The van der Waals surface area contributed by atoms with Crippen molar-refractivity contribution in [2.45, 2.75) is 32.7 Å². The van der Waals surface area contributed by atoms with Crippen LogP contribution < -0.4 is 10.6 Å². The van der Waals surface area contributed by atoms with Gasteiger partial charge in [-0.3, -0.25) is 0 Å². The van der Waals surface area contributed by atoms with Crippen molar-refractivity contribution in [3.8, 4) is 0 Å². The van der Waals surface area contributed by atoms with E-state index >= 15 is 0 Å². The molecule has 0 unspecified atom stereocenters. The third kappa shape index (κ3) is 3.06. The molecule has 0 bridgehead atoms. The van der Waals surface area contributed by atoms with Crippen molar-refractivity contribution in [2.24, 2.45) is 5.41 Å². The van der Waals surface area contributed by atoms with Gasteiger partial charge in [0.2, 0.25) is 0 Å². The molecular weight excluding hydrogens is 216 g/mol. The minimum absolute atomic E-state index is 0.544. The van der Waals surface area contributed by atoms with Crippen LogP contribution in [-0.4, -0.2) is 19.6 Å². The van der Waals surface area contributed by atoms with E-state index in [4.69, 9.17) is 0 Å². The maximum absolute atomic E-state index is 3.63. The van der Waals surface area contributed by atoms with Crippen molar-refractivity contribution in [3.05, 3.63) is 22.4 Å². The van der Waals surface area contributed by atoms with Gasteiger partial charge in [-0.05, 0) is 49.2 Å². The van der Waals surface area contributed by atoms with Crippen molar-refractivity contribution < 1.29 is 0 Å². The summed E-state index contributed by atoms with van der Waals surface area (Å²) in [7, 11) is 0. The molecule has 0 amide bonds. The molecule has 90 valence electrons. The Balaban J connectivity index is 1.78. The summed E-state index contributed by atoms with van der Waals surface area (Å²) in [6, 6.07) is 4.33. The largest absolute Gasteiger partial charge is 0.317 e. The molecule has 2 rings (SSSR count). The number of piperidine rings is 1. The number of rotatable bonds is 5. The van der Waals surface area contributed by atoms with Crippen LogP contribution in [0.1, 0.15) is 31.1 Å². The molecule has 0 radical (unpaired) electrons. The van der Waals surface area contributed by atoms with Crippen LogP contribution in [0.4, 0.5) is 0 Å². The van der Waals surface area contributed by atoms with E-state index in [2.05, 4.69) is 35.1 Å². The van der Waals surface area contributed by atoms with Crippen LogP contribution in [-0.2, 0) is 6.54 Å². The summed E-state index contributed by atoms with van der Waals surface area (Å²) >= 11 is 1.84. The quantitative estimate of drug-likeness (QED) is 0.824. The van der Waals surface area contributed by atoms with Crippen LogP contribution in [0.2, 0.25) is 0 Å². The van der Waals surface area contributed by atoms with E-state index < -0.39 is 0 Å². The molecule has 3 heteroatoms. The Morgan fingerprint density at radius 2 is 2.25 bits per heavy atom. The van der Waals surface area contributed by atoms with Crippen LogP contribution in [0.25, 0.3) is 0 Å². The zero-order chi connectivity index (χ0) is 11.3. The molecule has 0 saturated carbocycles. The lowest BCUT2D eigenvalue weighted by Crippen LogP contribution is -2.42. The third-order valence-corrected chi connectivity index (χ3v) is 4.67. The molecule has 0 aliphatic carbocycles. The van der Waals surface area contributed by atoms with Gasteiger partial charge in [0.15, 0.2) is 0 Å². The normalized spacial score (nSPS) is 19.8. The topological polar surface area (TPSA) is 24.1 Å². The zero-order valence-corrected chi connectivity index (χ0v) is 10.9. The number of thiophene rings is 1. The van der Waals surface area contributed by atoms with Crippen LogP contribution in [0, 0.1) is 5.41 Å². The van der Waals surface area contributed by atoms with Crippen molar-refractivity contribution >= 4 is 11.3 Å². The van der Waals surface area contributed by atoms with E-state index in [1.54, 1.807) is 0 Å². The highest BCUT2D eigenvalue weighted by molar-refractivity contribution is 7.09. The van der Waals surface area contributed by atoms with Gasteiger partial charge in [-0.2, -0.15) is 0 Å². The van der Waals surface area contributed by atoms with E-state index in [1.165, 1.54) is 43.8 Å². The van der Waals surface area contributed by atoms with E-state index in [1.807, 2.05) is 11.3 Å². The molecule has 1 aliphatic heterocycles. The van der Waals surface area contributed by atoms with Crippen LogP contribution in [0.5, 0.6) is 0 Å². The SMILES string of the molecule is CCC1(CNCc2cccs2)CCNCC1. The first-order chi connectivity index (χ1) is 7.85. The van der Waals surface area contributed by atoms with Gasteiger partial charge in [0.25, 0.3) is 0 Å². The van der Waals surface area contributed by atoms with Gasteiger partial charge < -0.3 is 10.6 Å². The molecule has 2 heterocycles. The van der Waals surface area contributed by atoms with Gasteiger partial charge in [-0.25, -0.2) is 0 Å².